The molecular formula is C20H22N4O2. The van der Waals surface area contributed by atoms with Crippen molar-refractivity contribution in [3.8, 4) is 5.69 Å². The van der Waals surface area contributed by atoms with E-state index in [1.165, 1.54) is 23.3 Å². The van der Waals surface area contributed by atoms with Crippen molar-refractivity contribution < 1.29 is 4.52 Å². The fourth-order valence-electron chi connectivity index (χ4n) is 3.85. The van der Waals surface area contributed by atoms with E-state index in [9.17, 15) is 4.79 Å². The SMILES string of the molecule is Cc1ccnc2on(-c3ccc(N4CCN(C5CC5)CC4)cc3)c(=O)c12. The first-order valence-corrected chi connectivity index (χ1v) is 9.28. The van der Waals surface area contributed by atoms with Gasteiger partial charge in [-0.05, 0) is 55.7 Å². The van der Waals surface area contributed by atoms with Crippen LogP contribution in [0, 0.1) is 6.92 Å². The number of pyridine rings is 1. The second-order valence-corrected chi connectivity index (χ2v) is 7.27. The fraction of sp³-hybridized carbons (Fsp3) is 0.400. The van der Waals surface area contributed by atoms with E-state index in [0.29, 0.717) is 11.1 Å². The van der Waals surface area contributed by atoms with E-state index in [4.69, 9.17) is 4.52 Å². The van der Waals surface area contributed by atoms with Crippen LogP contribution in [0.1, 0.15) is 18.4 Å². The van der Waals surface area contributed by atoms with Gasteiger partial charge in [0.25, 0.3) is 11.3 Å². The molecule has 6 nitrogen and oxygen atoms in total. The fourth-order valence-corrected chi connectivity index (χ4v) is 3.85. The van der Waals surface area contributed by atoms with Gasteiger partial charge in [-0.15, -0.1) is 4.74 Å². The molecule has 1 aromatic carbocycles. The van der Waals surface area contributed by atoms with E-state index in [2.05, 4.69) is 26.9 Å². The van der Waals surface area contributed by atoms with Crippen LogP contribution in [-0.4, -0.2) is 46.8 Å². The minimum absolute atomic E-state index is 0.156. The minimum Gasteiger partial charge on any atom is -0.369 e. The molecule has 1 aliphatic heterocycles. The molecule has 3 heterocycles. The molecule has 3 aromatic rings. The summed E-state index contributed by atoms with van der Waals surface area (Å²) in [7, 11) is 0. The summed E-state index contributed by atoms with van der Waals surface area (Å²) in [5.41, 5.74) is 3.04. The van der Waals surface area contributed by atoms with Crippen LogP contribution in [0.2, 0.25) is 0 Å². The molecule has 1 saturated carbocycles. The molecule has 6 heteroatoms. The summed E-state index contributed by atoms with van der Waals surface area (Å²) in [5, 5.41) is 0.549. The summed E-state index contributed by atoms with van der Waals surface area (Å²) >= 11 is 0. The average Bonchev–Trinajstić information content (AvgIpc) is 3.46. The summed E-state index contributed by atoms with van der Waals surface area (Å²) in [5.74, 6) is 0. The monoisotopic (exact) mass is 350 g/mol. The highest BCUT2D eigenvalue weighted by atomic mass is 16.5. The van der Waals surface area contributed by atoms with Crippen molar-refractivity contribution in [2.24, 2.45) is 0 Å². The van der Waals surface area contributed by atoms with Crippen molar-refractivity contribution in [2.75, 3.05) is 31.1 Å². The molecule has 0 amide bonds. The lowest BCUT2D eigenvalue weighted by molar-refractivity contribution is 0.248. The first-order chi connectivity index (χ1) is 12.7. The molecule has 5 rings (SSSR count). The lowest BCUT2D eigenvalue weighted by atomic mass is 10.2. The number of aromatic nitrogens is 2. The highest BCUT2D eigenvalue weighted by Gasteiger charge is 2.31. The molecule has 2 aliphatic rings. The Morgan fingerprint density at radius 1 is 1.00 bits per heavy atom. The predicted octanol–water partition coefficient (Wildman–Crippen LogP) is 2.57. The van der Waals surface area contributed by atoms with Crippen molar-refractivity contribution >= 4 is 16.8 Å². The first kappa shape index (κ1) is 15.6. The Kier molecular flexibility index (Phi) is 3.60. The van der Waals surface area contributed by atoms with E-state index in [1.54, 1.807) is 6.20 Å². The molecule has 134 valence electrons. The van der Waals surface area contributed by atoms with Crippen molar-refractivity contribution in [1.82, 2.24) is 14.6 Å². The summed E-state index contributed by atoms with van der Waals surface area (Å²) in [6.45, 7) is 6.30. The van der Waals surface area contributed by atoms with Crippen LogP contribution in [-0.2, 0) is 0 Å². The van der Waals surface area contributed by atoms with E-state index in [0.717, 1.165) is 43.5 Å². The average molecular weight is 350 g/mol. The molecule has 0 spiro atoms. The molecule has 2 aromatic heterocycles. The van der Waals surface area contributed by atoms with Crippen LogP contribution < -0.4 is 10.5 Å². The molecule has 0 bridgehead atoms. The van der Waals surface area contributed by atoms with Crippen LogP contribution in [0.15, 0.2) is 45.8 Å². The first-order valence-electron chi connectivity index (χ1n) is 9.28. The van der Waals surface area contributed by atoms with Gasteiger partial charge in [-0.25, -0.2) is 4.98 Å². The largest absolute Gasteiger partial charge is 0.369 e. The minimum atomic E-state index is -0.156. The molecule has 0 radical (unpaired) electrons. The molecule has 0 unspecified atom stereocenters. The third kappa shape index (κ3) is 2.61. The maximum absolute atomic E-state index is 12.7. The highest BCUT2D eigenvalue weighted by molar-refractivity contribution is 5.76. The second kappa shape index (κ2) is 5.99. The van der Waals surface area contributed by atoms with Crippen molar-refractivity contribution in [2.45, 2.75) is 25.8 Å². The van der Waals surface area contributed by atoms with Crippen LogP contribution in [0.25, 0.3) is 16.8 Å². The van der Waals surface area contributed by atoms with Gasteiger partial charge in [0.1, 0.15) is 5.39 Å². The smallest absolute Gasteiger partial charge is 0.297 e. The lowest BCUT2D eigenvalue weighted by Gasteiger charge is -2.36. The topological polar surface area (TPSA) is 54.5 Å². The summed E-state index contributed by atoms with van der Waals surface area (Å²) < 4.78 is 7.00. The summed E-state index contributed by atoms with van der Waals surface area (Å²) in [6, 6.07) is 10.7. The number of nitrogens with zero attached hydrogens (tertiary/aromatic N) is 4. The van der Waals surface area contributed by atoms with Crippen molar-refractivity contribution in [1.29, 1.82) is 0 Å². The number of aryl methyl sites for hydroxylation is 1. The van der Waals surface area contributed by atoms with Gasteiger partial charge in [-0.3, -0.25) is 9.69 Å². The Morgan fingerprint density at radius 3 is 2.35 bits per heavy atom. The number of anilines is 1. The zero-order valence-electron chi connectivity index (χ0n) is 14.9. The molecule has 2 fully saturated rings. The standard InChI is InChI=1S/C20H22N4O2/c1-14-8-9-21-19-18(14)20(25)24(26-19)17-6-4-16(5-7-17)23-12-10-22(11-13-23)15-2-3-15/h4-9,15H,2-3,10-13H2,1H3. The lowest BCUT2D eigenvalue weighted by Crippen LogP contribution is -2.47. The zero-order valence-corrected chi connectivity index (χ0v) is 14.9. The van der Waals surface area contributed by atoms with Gasteiger partial charge in [-0.1, -0.05) is 0 Å². The summed E-state index contributed by atoms with van der Waals surface area (Å²) in [4.78, 5) is 21.8. The van der Waals surface area contributed by atoms with Crippen molar-refractivity contribution in [3.05, 3.63) is 52.4 Å². The number of piperazine rings is 1. The Morgan fingerprint density at radius 2 is 1.69 bits per heavy atom. The maximum atomic E-state index is 12.7. The molecule has 1 saturated heterocycles. The third-order valence-electron chi connectivity index (χ3n) is 5.53. The Hall–Kier alpha value is -2.60. The quantitative estimate of drug-likeness (QED) is 0.727. The number of benzene rings is 1. The Balaban J connectivity index is 1.39. The molecular weight excluding hydrogens is 328 g/mol. The van der Waals surface area contributed by atoms with Crippen LogP contribution in [0.4, 0.5) is 5.69 Å². The van der Waals surface area contributed by atoms with Gasteiger partial charge in [0, 0.05) is 44.1 Å². The van der Waals surface area contributed by atoms with Gasteiger partial charge in [0.2, 0.25) is 0 Å². The predicted molar refractivity (Wildman–Crippen MR) is 101 cm³/mol. The molecule has 0 N–H and O–H groups in total. The maximum Gasteiger partial charge on any atom is 0.297 e. The molecule has 0 atom stereocenters. The highest BCUT2D eigenvalue weighted by Crippen LogP contribution is 2.28. The van der Waals surface area contributed by atoms with Crippen LogP contribution in [0.5, 0.6) is 0 Å². The van der Waals surface area contributed by atoms with E-state index in [1.807, 2.05) is 25.1 Å². The number of hydrogen-bond donors (Lipinski definition) is 0. The molecule has 26 heavy (non-hydrogen) atoms. The Bertz CT molecular complexity index is 993. The van der Waals surface area contributed by atoms with Gasteiger partial charge in [-0.2, -0.15) is 0 Å². The van der Waals surface area contributed by atoms with Gasteiger partial charge >= 0.3 is 0 Å². The van der Waals surface area contributed by atoms with Gasteiger partial charge in [0.15, 0.2) is 0 Å². The van der Waals surface area contributed by atoms with Crippen molar-refractivity contribution in [3.63, 3.8) is 0 Å². The van der Waals surface area contributed by atoms with Crippen LogP contribution >= 0.6 is 0 Å². The van der Waals surface area contributed by atoms with Gasteiger partial charge in [0.05, 0.1) is 5.69 Å². The third-order valence-corrected chi connectivity index (χ3v) is 5.53. The summed E-state index contributed by atoms with van der Waals surface area (Å²) in [6.07, 6.45) is 4.40. The van der Waals surface area contributed by atoms with Gasteiger partial charge < -0.3 is 9.42 Å². The zero-order chi connectivity index (χ0) is 17.7. The van der Waals surface area contributed by atoms with E-state index < -0.39 is 0 Å². The number of rotatable bonds is 3. The van der Waals surface area contributed by atoms with Crippen LogP contribution in [0.3, 0.4) is 0 Å². The Labute approximate surface area is 151 Å². The van der Waals surface area contributed by atoms with E-state index >= 15 is 0 Å². The van der Waals surface area contributed by atoms with E-state index in [-0.39, 0.29) is 5.56 Å². The number of fused-ring (bicyclic) bond motifs is 1. The normalized spacial score (nSPS) is 18.6. The molecule has 1 aliphatic carbocycles. The second-order valence-electron chi connectivity index (χ2n) is 7.27. The number of hydrogen-bond acceptors (Lipinski definition) is 5.